The molecular formula is C17H19ClN2OS. The predicted molar refractivity (Wildman–Crippen MR) is 92.7 cm³/mol. The summed E-state index contributed by atoms with van der Waals surface area (Å²) in [7, 11) is 0. The molecule has 116 valence electrons. The zero-order valence-corrected chi connectivity index (χ0v) is 14.3. The van der Waals surface area contributed by atoms with Crippen molar-refractivity contribution in [3.8, 4) is 0 Å². The van der Waals surface area contributed by atoms with E-state index in [1.165, 1.54) is 10.4 Å². The Kier molecular flexibility index (Phi) is 4.52. The van der Waals surface area contributed by atoms with E-state index in [9.17, 15) is 4.79 Å². The van der Waals surface area contributed by atoms with E-state index in [-0.39, 0.29) is 11.9 Å². The molecule has 1 aliphatic heterocycles. The third kappa shape index (κ3) is 3.05. The van der Waals surface area contributed by atoms with Gasteiger partial charge >= 0.3 is 0 Å². The van der Waals surface area contributed by atoms with Crippen molar-refractivity contribution < 1.29 is 4.79 Å². The number of carbonyl (C=O) groups is 1. The summed E-state index contributed by atoms with van der Waals surface area (Å²) in [5.74, 6) is 0.0176. The van der Waals surface area contributed by atoms with Gasteiger partial charge in [0, 0.05) is 28.7 Å². The first-order valence-electron chi connectivity index (χ1n) is 7.41. The van der Waals surface area contributed by atoms with Crippen LogP contribution in [0, 0.1) is 6.92 Å². The SMILES string of the molecule is Cc1c(Cl)cccc1NC(=O)C(C)N1CCc2sccc2C1. The number of hydrogen-bond donors (Lipinski definition) is 1. The van der Waals surface area contributed by atoms with Gasteiger partial charge in [0.15, 0.2) is 0 Å². The molecule has 0 aliphatic carbocycles. The highest BCUT2D eigenvalue weighted by molar-refractivity contribution is 7.10. The van der Waals surface area contributed by atoms with Crippen molar-refractivity contribution in [2.45, 2.75) is 32.9 Å². The highest BCUT2D eigenvalue weighted by atomic mass is 35.5. The first-order valence-corrected chi connectivity index (χ1v) is 8.67. The van der Waals surface area contributed by atoms with Gasteiger partial charge in [0.2, 0.25) is 5.91 Å². The van der Waals surface area contributed by atoms with Gasteiger partial charge in [-0.1, -0.05) is 17.7 Å². The van der Waals surface area contributed by atoms with Gasteiger partial charge in [-0.3, -0.25) is 9.69 Å². The van der Waals surface area contributed by atoms with Crippen molar-refractivity contribution in [2.24, 2.45) is 0 Å². The molecule has 0 bridgehead atoms. The molecule has 0 saturated heterocycles. The Bertz CT molecular complexity index is 698. The second kappa shape index (κ2) is 6.41. The molecule has 2 heterocycles. The van der Waals surface area contributed by atoms with E-state index >= 15 is 0 Å². The molecule has 1 aromatic heterocycles. The number of rotatable bonds is 3. The maximum Gasteiger partial charge on any atom is 0.241 e. The van der Waals surface area contributed by atoms with Crippen LogP contribution in [0.3, 0.4) is 0 Å². The van der Waals surface area contributed by atoms with Gasteiger partial charge < -0.3 is 5.32 Å². The van der Waals surface area contributed by atoms with Gasteiger partial charge in [-0.05, 0) is 55.0 Å². The van der Waals surface area contributed by atoms with E-state index < -0.39 is 0 Å². The number of halogens is 1. The average molecular weight is 335 g/mol. The molecule has 1 aliphatic rings. The third-order valence-electron chi connectivity index (χ3n) is 4.29. The first-order chi connectivity index (χ1) is 10.6. The number of amides is 1. The Morgan fingerprint density at radius 2 is 2.23 bits per heavy atom. The van der Waals surface area contributed by atoms with E-state index in [2.05, 4.69) is 21.7 Å². The fraction of sp³-hybridized carbons (Fsp3) is 0.353. The summed E-state index contributed by atoms with van der Waals surface area (Å²) in [6.45, 7) is 5.66. The molecule has 1 atom stereocenters. The van der Waals surface area contributed by atoms with Crippen LogP contribution in [0.5, 0.6) is 0 Å². The Morgan fingerprint density at radius 1 is 1.41 bits per heavy atom. The zero-order chi connectivity index (χ0) is 15.7. The topological polar surface area (TPSA) is 32.3 Å². The lowest BCUT2D eigenvalue weighted by Crippen LogP contribution is -2.44. The van der Waals surface area contributed by atoms with Gasteiger partial charge in [0.1, 0.15) is 0 Å². The van der Waals surface area contributed by atoms with E-state index in [1.54, 1.807) is 0 Å². The van der Waals surface area contributed by atoms with Crippen LogP contribution in [0.4, 0.5) is 5.69 Å². The molecule has 0 spiro atoms. The van der Waals surface area contributed by atoms with Crippen molar-refractivity contribution in [1.82, 2.24) is 4.90 Å². The average Bonchev–Trinajstić information content (AvgIpc) is 2.98. The largest absolute Gasteiger partial charge is 0.324 e. The van der Waals surface area contributed by atoms with E-state index in [0.717, 1.165) is 30.8 Å². The summed E-state index contributed by atoms with van der Waals surface area (Å²) in [5.41, 5.74) is 3.05. The maximum atomic E-state index is 12.5. The second-order valence-electron chi connectivity index (χ2n) is 5.67. The van der Waals surface area contributed by atoms with Crippen LogP contribution >= 0.6 is 22.9 Å². The molecule has 0 radical (unpaired) electrons. The highest BCUT2D eigenvalue weighted by Crippen LogP contribution is 2.26. The van der Waals surface area contributed by atoms with Crippen molar-refractivity contribution in [3.63, 3.8) is 0 Å². The van der Waals surface area contributed by atoms with Crippen LogP contribution in [0.15, 0.2) is 29.6 Å². The number of nitrogens with zero attached hydrogens (tertiary/aromatic N) is 1. The summed E-state index contributed by atoms with van der Waals surface area (Å²) in [6, 6.07) is 7.58. The Balaban J connectivity index is 1.69. The minimum atomic E-state index is -0.161. The van der Waals surface area contributed by atoms with Crippen molar-refractivity contribution in [1.29, 1.82) is 0 Å². The number of fused-ring (bicyclic) bond motifs is 1. The number of anilines is 1. The fourth-order valence-corrected chi connectivity index (χ4v) is 3.81. The molecular weight excluding hydrogens is 316 g/mol. The number of hydrogen-bond acceptors (Lipinski definition) is 3. The van der Waals surface area contributed by atoms with Crippen LogP contribution in [0.2, 0.25) is 5.02 Å². The zero-order valence-electron chi connectivity index (χ0n) is 12.7. The smallest absolute Gasteiger partial charge is 0.241 e. The molecule has 0 fully saturated rings. The summed E-state index contributed by atoms with van der Waals surface area (Å²) >= 11 is 7.92. The molecule has 1 aromatic carbocycles. The number of benzene rings is 1. The van der Waals surface area contributed by atoms with Crippen LogP contribution in [0.1, 0.15) is 22.9 Å². The molecule has 1 unspecified atom stereocenters. The highest BCUT2D eigenvalue weighted by Gasteiger charge is 2.26. The molecule has 1 amide bonds. The number of carbonyl (C=O) groups excluding carboxylic acids is 1. The minimum Gasteiger partial charge on any atom is -0.324 e. The van der Waals surface area contributed by atoms with E-state index in [4.69, 9.17) is 11.6 Å². The van der Waals surface area contributed by atoms with E-state index in [0.29, 0.717) is 5.02 Å². The lowest BCUT2D eigenvalue weighted by Gasteiger charge is -2.31. The summed E-state index contributed by atoms with van der Waals surface area (Å²) in [5, 5.41) is 5.81. The normalized spacial score (nSPS) is 16.1. The molecule has 0 saturated carbocycles. The summed E-state index contributed by atoms with van der Waals surface area (Å²) < 4.78 is 0. The number of thiophene rings is 1. The van der Waals surface area contributed by atoms with Gasteiger partial charge in [-0.15, -0.1) is 11.3 Å². The Morgan fingerprint density at radius 3 is 3.05 bits per heavy atom. The molecule has 3 rings (SSSR count). The molecule has 22 heavy (non-hydrogen) atoms. The lowest BCUT2D eigenvalue weighted by molar-refractivity contribution is -0.121. The van der Waals surface area contributed by atoms with Crippen LogP contribution < -0.4 is 5.32 Å². The van der Waals surface area contributed by atoms with Crippen LogP contribution in [-0.4, -0.2) is 23.4 Å². The Labute approximate surface area is 139 Å². The van der Waals surface area contributed by atoms with Gasteiger partial charge in [0.05, 0.1) is 6.04 Å². The van der Waals surface area contributed by atoms with Gasteiger partial charge in [-0.25, -0.2) is 0 Å². The van der Waals surface area contributed by atoms with Crippen LogP contribution in [0.25, 0.3) is 0 Å². The maximum absolute atomic E-state index is 12.5. The molecule has 1 N–H and O–H groups in total. The third-order valence-corrected chi connectivity index (χ3v) is 5.72. The predicted octanol–water partition coefficient (Wildman–Crippen LogP) is 4.10. The van der Waals surface area contributed by atoms with Gasteiger partial charge in [0.25, 0.3) is 0 Å². The minimum absolute atomic E-state index is 0.0176. The standard InChI is InChI=1S/C17H19ClN2OS/c1-11-14(18)4-3-5-15(11)19-17(21)12(2)20-8-6-16-13(10-20)7-9-22-16/h3-5,7,9,12H,6,8,10H2,1-2H3,(H,19,21). The summed E-state index contributed by atoms with van der Waals surface area (Å²) in [4.78, 5) is 16.2. The van der Waals surface area contributed by atoms with Crippen molar-refractivity contribution >= 4 is 34.5 Å². The van der Waals surface area contributed by atoms with Gasteiger partial charge in [-0.2, -0.15) is 0 Å². The summed E-state index contributed by atoms with van der Waals surface area (Å²) in [6.07, 6.45) is 1.03. The van der Waals surface area contributed by atoms with Crippen molar-refractivity contribution in [2.75, 3.05) is 11.9 Å². The quantitative estimate of drug-likeness (QED) is 0.916. The molecule has 5 heteroatoms. The molecule has 2 aromatic rings. The second-order valence-corrected chi connectivity index (χ2v) is 7.07. The Hall–Kier alpha value is -1.36. The number of nitrogens with one attached hydrogen (secondary N) is 1. The lowest BCUT2D eigenvalue weighted by atomic mass is 10.1. The van der Waals surface area contributed by atoms with Crippen LogP contribution in [-0.2, 0) is 17.8 Å². The first kappa shape index (κ1) is 15.5. The van der Waals surface area contributed by atoms with E-state index in [1.807, 2.05) is 43.4 Å². The van der Waals surface area contributed by atoms with Crippen molar-refractivity contribution in [3.05, 3.63) is 50.7 Å². The molecule has 3 nitrogen and oxygen atoms in total. The monoisotopic (exact) mass is 334 g/mol. The fourth-order valence-electron chi connectivity index (χ4n) is 2.75.